The van der Waals surface area contributed by atoms with Crippen molar-refractivity contribution in [3.05, 3.63) is 47.5 Å². The highest BCUT2D eigenvalue weighted by atomic mass is 19.1. The Morgan fingerprint density at radius 2 is 2.19 bits per heavy atom. The van der Waals surface area contributed by atoms with Crippen LogP contribution in [0.15, 0.2) is 30.5 Å². The molecular weight excluding hydrogens is 265 g/mol. The van der Waals surface area contributed by atoms with Gasteiger partial charge in [0.05, 0.1) is 11.4 Å². The van der Waals surface area contributed by atoms with Gasteiger partial charge in [0, 0.05) is 18.2 Å². The fourth-order valence-corrected chi connectivity index (χ4v) is 2.62. The van der Waals surface area contributed by atoms with Crippen LogP contribution < -0.4 is 5.32 Å². The zero-order valence-corrected chi connectivity index (χ0v) is 12.6. The molecule has 0 aliphatic heterocycles. The molecule has 0 bridgehead atoms. The van der Waals surface area contributed by atoms with E-state index in [9.17, 15) is 4.39 Å². The van der Waals surface area contributed by atoms with Crippen molar-refractivity contribution in [2.75, 3.05) is 6.54 Å². The van der Waals surface area contributed by atoms with Crippen molar-refractivity contribution in [3.63, 3.8) is 0 Å². The molecule has 0 saturated heterocycles. The van der Waals surface area contributed by atoms with Gasteiger partial charge in [0.25, 0.3) is 0 Å². The second kappa shape index (κ2) is 5.98. The summed E-state index contributed by atoms with van der Waals surface area (Å²) in [5, 5.41) is 8.08. The highest BCUT2D eigenvalue weighted by molar-refractivity contribution is 5.43. The Balaban J connectivity index is 1.92. The molecule has 1 atom stereocenters. The average molecular weight is 287 g/mol. The Hall–Kier alpha value is -1.68. The Morgan fingerprint density at radius 3 is 2.90 bits per heavy atom. The Morgan fingerprint density at radius 1 is 1.38 bits per heavy atom. The van der Waals surface area contributed by atoms with Gasteiger partial charge in [-0.15, -0.1) is 0 Å². The average Bonchev–Trinajstić information content (AvgIpc) is 3.23. The summed E-state index contributed by atoms with van der Waals surface area (Å²) in [5.74, 6) is 0.430. The Bertz CT molecular complexity index is 616. The van der Waals surface area contributed by atoms with Crippen molar-refractivity contribution in [2.24, 2.45) is 0 Å². The summed E-state index contributed by atoms with van der Waals surface area (Å²) in [6, 6.07) is 7.11. The van der Waals surface area contributed by atoms with E-state index in [4.69, 9.17) is 0 Å². The van der Waals surface area contributed by atoms with Gasteiger partial charge >= 0.3 is 0 Å². The summed E-state index contributed by atoms with van der Waals surface area (Å²) < 4.78 is 15.5. The van der Waals surface area contributed by atoms with Crippen molar-refractivity contribution in [2.45, 2.75) is 45.1 Å². The minimum absolute atomic E-state index is 0.101. The predicted octanol–water partition coefficient (Wildman–Crippen LogP) is 3.95. The van der Waals surface area contributed by atoms with Gasteiger partial charge in [0.1, 0.15) is 5.82 Å². The number of hydrogen-bond donors (Lipinski definition) is 1. The van der Waals surface area contributed by atoms with Gasteiger partial charge in [0.15, 0.2) is 0 Å². The minimum Gasteiger partial charge on any atom is -0.310 e. The third-order valence-electron chi connectivity index (χ3n) is 4.01. The predicted molar refractivity (Wildman–Crippen MR) is 82.2 cm³/mol. The number of aromatic nitrogens is 2. The third-order valence-corrected chi connectivity index (χ3v) is 4.01. The summed E-state index contributed by atoms with van der Waals surface area (Å²) in [6.07, 6.45) is 5.52. The van der Waals surface area contributed by atoms with Crippen LogP contribution in [0.3, 0.4) is 0 Å². The van der Waals surface area contributed by atoms with Crippen LogP contribution in [-0.4, -0.2) is 16.3 Å². The van der Waals surface area contributed by atoms with Gasteiger partial charge in [-0.1, -0.05) is 6.92 Å². The molecule has 0 amide bonds. The first-order valence-electron chi connectivity index (χ1n) is 7.77. The number of rotatable bonds is 6. The van der Waals surface area contributed by atoms with Crippen LogP contribution in [0.25, 0.3) is 5.69 Å². The summed E-state index contributed by atoms with van der Waals surface area (Å²) in [5.41, 5.74) is 3.06. The number of benzene rings is 1. The second-order valence-electron chi connectivity index (χ2n) is 5.84. The molecule has 1 heterocycles. The maximum atomic E-state index is 13.6. The van der Waals surface area contributed by atoms with Crippen molar-refractivity contribution in [1.82, 2.24) is 15.1 Å². The molecule has 4 heteroatoms. The van der Waals surface area contributed by atoms with E-state index in [0.717, 1.165) is 29.9 Å². The lowest BCUT2D eigenvalue weighted by Crippen LogP contribution is -2.21. The summed E-state index contributed by atoms with van der Waals surface area (Å²) in [4.78, 5) is 0. The largest absolute Gasteiger partial charge is 0.310 e. The van der Waals surface area contributed by atoms with E-state index < -0.39 is 0 Å². The molecule has 1 aliphatic carbocycles. The maximum absolute atomic E-state index is 13.6. The lowest BCUT2D eigenvalue weighted by molar-refractivity contribution is 0.558. The first-order chi connectivity index (χ1) is 10.2. The zero-order chi connectivity index (χ0) is 14.8. The van der Waals surface area contributed by atoms with Crippen molar-refractivity contribution >= 4 is 0 Å². The molecule has 3 nitrogen and oxygen atoms in total. The quantitative estimate of drug-likeness (QED) is 0.872. The molecule has 1 aliphatic rings. The van der Waals surface area contributed by atoms with E-state index in [1.165, 1.54) is 18.9 Å². The highest BCUT2D eigenvalue weighted by Gasteiger charge is 2.26. The van der Waals surface area contributed by atoms with E-state index in [1.807, 2.05) is 16.9 Å². The van der Waals surface area contributed by atoms with Crippen LogP contribution >= 0.6 is 0 Å². The fraction of sp³-hybridized carbons (Fsp3) is 0.471. The third kappa shape index (κ3) is 3.16. The number of nitrogens with one attached hydrogen (secondary N) is 1. The normalized spacial score (nSPS) is 16.1. The molecule has 3 rings (SSSR count). The van der Waals surface area contributed by atoms with Crippen LogP contribution in [0, 0.1) is 5.82 Å². The fourth-order valence-electron chi connectivity index (χ4n) is 2.62. The van der Waals surface area contributed by atoms with Crippen molar-refractivity contribution in [1.29, 1.82) is 0 Å². The van der Waals surface area contributed by atoms with E-state index >= 15 is 0 Å². The Labute approximate surface area is 125 Å². The van der Waals surface area contributed by atoms with Gasteiger partial charge in [-0.05, 0) is 62.6 Å². The smallest absolute Gasteiger partial charge is 0.123 e. The Kier molecular flexibility index (Phi) is 4.06. The molecule has 1 aromatic carbocycles. The highest BCUT2D eigenvalue weighted by Crippen LogP contribution is 2.39. The molecule has 1 N–H and O–H groups in total. The van der Waals surface area contributed by atoms with Crippen LogP contribution in [0.2, 0.25) is 0 Å². The lowest BCUT2D eigenvalue weighted by Gasteiger charge is -2.18. The number of halogens is 1. The van der Waals surface area contributed by atoms with Gasteiger partial charge in [-0.25, -0.2) is 9.07 Å². The van der Waals surface area contributed by atoms with Gasteiger partial charge < -0.3 is 5.32 Å². The van der Waals surface area contributed by atoms with Crippen LogP contribution in [0.4, 0.5) is 4.39 Å². The summed E-state index contributed by atoms with van der Waals surface area (Å²) in [7, 11) is 0. The zero-order valence-electron chi connectivity index (χ0n) is 12.6. The molecule has 2 aromatic rings. The van der Waals surface area contributed by atoms with Gasteiger partial charge in [0.2, 0.25) is 0 Å². The molecule has 1 unspecified atom stereocenters. The topological polar surface area (TPSA) is 29.9 Å². The summed E-state index contributed by atoms with van der Waals surface area (Å²) in [6.45, 7) is 5.12. The minimum atomic E-state index is -0.200. The van der Waals surface area contributed by atoms with E-state index in [-0.39, 0.29) is 11.9 Å². The molecule has 0 spiro atoms. The maximum Gasteiger partial charge on any atom is 0.123 e. The van der Waals surface area contributed by atoms with Crippen LogP contribution in [0.1, 0.15) is 56.3 Å². The molecule has 112 valence electrons. The molecule has 0 radical (unpaired) electrons. The first-order valence-corrected chi connectivity index (χ1v) is 7.77. The van der Waals surface area contributed by atoms with Crippen LogP contribution in [0.5, 0.6) is 0 Å². The van der Waals surface area contributed by atoms with Crippen LogP contribution in [-0.2, 0) is 0 Å². The molecule has 1 saturated carbocycles. The number of nitrogens with zero attached hydrogens (tertiary/aromatic N) is 2. The molecule has 1 aromatic heterocycles. The summed E-state index contributed by atoms with van der Waals surface area (Å²) >= 11 is 0. The molecule has 21 heavy (non-hydrogen) atoms. The lowest BCUT2D eigenvalue weighted by atomic mass is 10.1. The van der Waals surface area contributed by atoms with Crippen molar-refractivity contribution in [3.8, 4) is 5.69 Å². The van der Waals surface area contributed by atoms with E-state index in [2.05, 4.69) is 30.3 Å². The monoisotopic (exact) mass is 287 g/mol. The molecule has 1 fully saturated rings. The second-order valence-corrected chi connectivity index (χ2v) is 5.84. The van der Waals surface area contributed by atoms with Gasteiger partial charge in [-0.2, -0.15) is 5.10 Å². The number of hydrogen-bond acceptors (Lipinski definition) is 2. The van der Waals surface area contributed by atoms with Gasteiger partial charge in [-0.3, -0.25) is 0 Å². The van der Waals surface area contributed by atoms with E-state index in [1.54, 1.807) is 6.07 Å². The SMILES string of the molecule is CCCNC(C)c1cc(F)ccc1-n1ccc(C2CC2)n1. The van der Waals surface area contributed by atoms with Crippen molar-refractivity contribution < 1.29 is 4.39 Å². The standard InChI is InChI=1S/C17H22FN3/c1-3-9-19-12(2)15-11-14(18)6-7-17(15)21-10-8-16(20-21)13-4-5-13/h6-8,10-13,19H,3-5,9H2,1-2H3. The first kappa shape index (κ1) is 14.3. The molecular formula is C17H22FN3. The van der Waals surface area contributed by atoms with E-state index in [0.29, 0.717) is 5.92 Å².